The standard InChI is InChI=1S/C20H19N3O5/c24-20(27-13-19-21-16-6-2-3-7-18(16)28-19)15-12-14(23(25)26)8-9-17(15)22-10-4-1-5-11-22/h2-3,6-9,12H,1,4-5,10-11,13H2. The fourth-order valence-electron chi connectivity index (χ4n) is 3.40. The molecule has 1 aliphatic rings. The van der Waals surface area contributed by atoms with E-state index in [9.17, 15) is 14.9 Å². The summed E-state index contributed by atoms with van der Waals surface area (Å²) in [5.41, 5.74) is 1.99. The number of fused-ring (bicyclic) bond motifs is 1. The summed E-state index contributed by atoms with van der Waals surface area (Å²) >= 11 is 0. The number of aromatic nitrogens is 1. The first-order chi connectivity index (χ1) is 13.6. The van der Waals surface area contributed by atoms with Gasteiger partial charge in [0.15, 0.2) is 12.2 Å². The number of ether oxygens (including phenoxy) is 1. The summed E-state index contributed by atoms with van der Waals surface area (Å²) in [5, 5.41) is 11.2. The van der Waals surface area contributed by atoms with E-state index in [4.69, 9.17) is 9.15 Å². The lowest BCUT2D eigenvalue weighted by Crippen LogP contribution is -2.31. The van der Waals surface area contributed by atoms with Crippen LogP contribution in [0.4, 0.5) is 11.4 Å². The van der Waals surface area contributed by atoms with E-state index in [0.717, 1.165) is 32.4 Å². The van der Waals surface area contributed by atoms with Crippen LogP contribution in [0, 0.1) is 10.1 Å². The monoisotopic (exact) mass is 381 g/mol. The normalized spacial score (nSPS) is 14.2. The minimum absolute atomic E-state index is 0.143. The fraction of sp³-hybridized carbons (Fsp3) is 0.300. The average Bonchev–Trinajstić information content (AvgIpc) is 3.15. The molecular weight excluding hydrogens is 362 g/mol. The molecule has 3 aromatic rings. The number of para-hydroxylation sites is 2. The first kappa shape index (κ1) is 18.0. The number of rotatable bonds is 5. The number of carbonyl (C=O) groups excluding carboxylic acids is 1. The van der Waals surface area contributed by atoms with Crippen LogP contribution in [-0.4, -0.2) is 29.0 Å². The minimum Gasteiger partial charge on any atom is -0.452 e. The number of oxazole rings is 1. The molecule has 0 aliphatic carbocycles. The van der Waals surface area contributed by atoms with E-state index < -0.39 is 10.9 Å². The minimum atomic E-state index is -0.633. The molecule has 0 unspecified atom stereocenters. The summed E-state index contributed by atoms with van der Waals surface area (Å²) in [7, 11) is 0. The van der Waals surface area contributed by atoms with Crippen LogP contribution in [0.1, 0.15) is 35.5 Å². The second kappa shape index (κ2) is 7.67. The maximum atomic E-state index is 12.7. The largest absolute Gasteiger partial charge is 0.452 e. The molecule has 0 saturated carbocycles. The van der Waals surface area contributed by atoms with Crippen LogP contribution >= 0.6 is 0 Å². The fourth-order valence-corrected chi connectivity index (χ4v) is 3.40. The highest BCUT2D eigenvalue weighted by molar-refractivity contribution is 5.96. The Morgan fingerprint density at radius 1 is 1.18 bits per heavy atom. The third kappa shape index (κ3) is 3.66. The molecule has 1 aromatic heterocycles. The number of carbonyl (C=O) groups is 1. The van der Waals surface area contributed by atoms with Crippen LogP contribution in [0.2, 0.25) is 0 Å². The highest BCUT2D eigenvalue weighted by atomic mass is 16.6. The topological polar surface area (TPSA) is 98.7 Å². The van der Waals surface area contributed by atoms with Gasteiger partial charge in [-0.05, 0) is 37.5 Å². The number of hydrogen-bond acceptors (Lipinski definition) is 7. The molecule has 4 rings (SSSR count). The molecule has 0 bridgehead atoms. The summed E-state index contributed by atoms with van der Waals surface area (Å²) in [5.74, 6) is -0.356. The summed E-state index contributed by atoms with van der Waals surface area (Å²) in [6.07, 6.45) is 3.18. The SMILES string of the molecule is O=C(OCc1nc2ccccc2o1)c1cc([N+](=O)[O-])ccc1N1CCCCC1. The van der Waals surface area contributed by atoms with Crippen LogP contribution < -0.4 is 4.90 Å². The maximum Gasteiger partial charge on any atom is 0.341 e. The van der Waals surface area contributed by atoms with Gasteiger partial charge in [0, 0.05) is 25.2 Å². The third-order valence-corrected chi connectivity index (χ3v) is 4.77. The van der Waals surface area contributed by atoms with Gasteiger partial charge in [-0.25, -0.2) is 9.78 Å². The number of nitro benzene ring substituents is 1. The van der Waals surface area contributed by atoms with Gasteiger partial charge in [0.05, 0.1) is 16.2 Å². The molecule has 8 nitrogen and oxygen atoms in total. The van der Waals surface area contributed by atoms with Crippen molar-refractivity contribution in [2.75, 3.05) is 18.0 Å². The van der Waals surface area contributed by atoms with E-state index in [2.05, 4.69) is 9.88 Å². The second-order valence-corrected chi connectivity index (χ2v) is 6.66. The number of esters is 1. The highest BCUT2D eigenvalue weighted by Crippen LogP contribution is 2.29. The molecule has 1 saturated heterocycles. The van der Waals surface area contributed by atoms with Gasteiger partial charge < -0.3 is 14.1 Å². The van der Waals surface area contributed by atoms with Gasteiger partial charge in [0.2, 0.25) is 5.89 Å². The quantitative estimate of drug-likeness (QED) is 0.373. The highest BCUT2D eigenvalue weighted by Gasteiger charge is 2.23. The van der Waals surface area contributed by atoms with Crippen molar-refractivity contribution in [3.63, 3.8) is 0 Å². The van der Waals surface area contributed by atoms with Gasteiger partial charge in [-0.2, -0.15) is 0 Å². The molecule has 28 heavy (non-hydrogen) atoms. The Balaban J connectivity index is 1.57. The van der Waals surface area contributed by atoms with E-state index in [-0.39, 0.29) is 23.7 Å². The van der Waals surface area contributed by atoms with Crippen LogP contribution in [0.3, 0.4) is 0 Å². The number of nitro groups is 1. The van der Waals surface area contributed by atoms with Gasteiger partial charge in [-0.15, -0.1) is 0 Å². The van der Waals surface area contributed by atoms with Gasteiger partial charge in [-0.1, -0.05) is 12.1 Å². The third-order valence-electron chi connectivity index (χ3n) is 4.77. The Morgan fingerprint density at radius 3 is 2.71 bits per heavy atom. The van der Waals surface area contributed by atoms with E-state index in [0.29, 0.717) is 16.8 Å². The van der Waals surface area contributed by atoms with Crippen molar-refractivity contribution in [3.8, 4) is 0 Å². The summed E-state index contributed by atoms with van der Waals surface area (Å²) in [4.78, 5) is 29.7. The van der Waals surface area contributed by atoms with Crippen molar-refractivity contribution in [2.24, 2.45) is 0 Å². The van der Waals surface area contributed by atoms with E-state index in [1.807, 2.05) is 12.1 Å². The lowest BCUT2D eigenvalue weighted by molar-refractivity contribution is -0.384. The number of anilines is 1. The Bertz CT molecular complexity index is 991. The van der Waals surface area contributed by atoms with Crippen molar-refractivity contribution < 1.29 is 18.9 Å². The van der Waals surface area contributed by atoms with Crippen LogP contribution in [0.15, 0.2) is 46.9 Å². The van der Waals surface area contributed by atoms with Crippen molar-refractivity contribution in [2.45, 2.75) is 25.9 Å². The molecule has 0 atom stereocenters. The first-order valence-corrected chi connectivity index (χ1v) is 9.17. The van der Waals surface area contributed by atoms with Gasteiger partial charge in [0.25, 0.3) is 5.69 Å². The maximum absolute atomic E-state index is 12.7. The van der Waals surface area contributed by atoms with Crippen LogP contribution in [0.5, 0.6) is 0 Å². The van der Waals surface area contributed by atoms with Gasteiger partial charge >= 0.3 is 5.97 Å². The smallest absolute Gasteiger partial charge is 0.341 e. The van der Waals surface area contributed by atoms with E-state index in [1.54, 1.807) is 18.2 Å². The Labute approximate surface area is 160 Å². The Hall–Kier alpha value is -3.42. The van der Waals surface area contributed by atoms with Crippen molar-refractivity contribution in [1.82, 2.24) is 4.98 Å². The Morgan fingerprint density at radius 2 is 1.96 bits per heavy atom. The zero-order valence-corrected chi connectivity index (χ0v) is 15.2. The van der Waals surface area contributed by atoms with Gasteiger partial charge in [-0.3, -0.25) is 10.1 Å². The second-order valence-electron chi connectivity index (χ2n) is 6.66. The molecule has 0 amide bonds. The molecular formula is C20H19N3O5. The van der Waals surface area contributed by atoms with Crippen molar-refractivity contribution in [1.29, 1.82) is 0 Å². The zero-order valence-electron chi connectivity index (χ0n) is 15.2. The van der Waals surface area contributed by atoms with Crippen LogP contribution in [0.25, 0.3) is 11.1 Å². The molecule has 144 valence electrons. The lowest BCUT2D eigenvalue weighted by atomic mass is 10.1. The number of nitrogens with zero attached hydrogens (tertiary/aromatic N) is 3. The summed E-state index contributed by atoms with van der Waals surface area (Å²) < 4.78 is 10.9. The number of benzene rings is 2. The van der Waals surface area contributed by atoms with E-state index in [1.165, 1.54) is 12.1 Å². The Kier molecular flexibility index (Phi) is 4.92. The van der Waals surface area contributed by atoms with E-state index >= 15 is 0 Å². The zero-order chi connectivity index (χ0) is 19.5. The summed E-state index contributed by atoms with van der Waals surface area (Å²) in [6.45, 7) is 1.47. The van der Waals surface area contributed by atoms with Crippen molar-refractivity contribution >= 4 is 28.4 Å². The molecule has 0 spiro atoms. The molecule has 1 fully saturated rings. The molecule has 1 aliphatic heterocycles. The molecule has 8 heteroatoms. The molecule has 2 aromatic carbocycles. The predicted molar refractivity (Wildman–Crippen MR) is 102 cm³/mol. The number of piperidine rings is 1. The van der Waals surface area contributed by atoms with Crippen molar-refractivity contribution in [3.05, 3.63) is 64.0 Å². The molecule has 2 heterocycles. The van der Waals surface area contributed by atoms with Gasteiger partial charge in [0.1, 0.15) is 5.52 Å². The molecule has 0 radical (unpaired) electrons. The van der Waals surface area contributed by atoms with Crippen LogP contribution in [-0.2, 0) is 11.3 Å². The average molecular weight is 381 g/mol. The predicted octanol–water partition coefficient (Wildman–Crippen LogP) is 4.08. The number of non-ortho nitro benzene ring substituents is 1. The molecule has 0 N–H and O–H groups in total. The number of hydrogen-bond donors (Lipinski definition) is 0. The lowest BCUT2D eigenvalue weighted by Gasteiger charge is -2.30. The summed E-state index contributed by atoms with van der Waals surface area (Å²) in [6, 6.07) is 11.6. The first-order valence-electron chi connectivity index (χ1n) is 9.17.